The van der Waals surface area contributed by atoms with Gasteiger partial charge in [0.2, 0.25) is 0 Å². The van der Waals surface area contributed by atoms with Gasteiger partial charge in [-0.15, -0.1) is 0 Å². The molecule has 0 radical (unpaired) electrons. The Morgan fingerprint density at radius 3 is 2.27 bits per heavy atom. The summed E-state index contributed by atoms with van der Waals surface area (Å²) in [4.78, 5) is 0. The van der Waals surface area contributed by atoms with E-state index in [1.165, 1.54) is 0 Å². The summed E-state index contributed by atoms with van der Waals surface area (Å²) >= 11 is 0. The first kappa shape index (κ1) is 10.9. The molecule has 0 aromatic carbocycles. The maximum atomic E-state index is 9.35. The van der Waals surface area contributed by atoms with Crippen molar-refractivity contribution in [3.05, 3.63) is 11.8 Å². The zero-order chi connectivity index (χ0) is 8.91. The molecule has 0 rings (SSSR count). The lowest BCUT2D eigenvalue weighted by molar-refractivity contribution is 0.212. The average molecular weight is 172 g/mol. The van der Waals surface area contributed by atoms with Gasteiger partial charge in [0.1, 0.15) is 0 Å². The van der Waals surface area contributed by atoms with Crippen molar-refractivity contribution in [3.8, 4) is 0 Å². The van der Waals surface area contributed by atoms with Crippen molar-refractivity contribution in [2.24, 2.45) is 0 Å². The van der Waals surface area contributed by atoms with Crippen LogP contribution in [0, 0.1) is 0 Å². The SMILES string of the molecule is CCCC(O)C=C[Si](C)(C)C. The first-order valence-corrected chi connectivity index (χ1v) is 7.91. The summed E-state index contributed by atoms with van der Waals surface area (Å²) in [6, 6.07) is 0. The monoisotopic (exact) mass is 172 g/mol. The predicted molar refractivity (Wildman–Crippen MR) is 53.4 cm³/mol. The van der Waals surface area contributed by atoms with Crippen molar-refractivity contribution >= 4 is 8.07 Å². The van der Waals surface area contributed by atoms with E-state index in [0.29, 0.717) is 0 Å². The van der Waals surface area contributed by atoms with Crippen LogP contribution < -0.4 is 0 Å². The van der Waals surface area contributed by atoms with Crippen LogP contribution in [0.1, 0.15) is 19.8 Å². The minimum absolute atomic E-state index is 0.216. The summed E-state index contributed by atoms with van der Waals surface area (Å²) in [5.74, 6) is 0. The second-order valence-electron chi connectivity index (χ2n) is 4.08. The van der Waals surface area contributed by atoms with E-state index in [9.17, 15) is 5.11 Å². The lowest BCUT2D eigenvalue weighted by atomic mass is 10.2. The highest BCUT2D eigenvalue weighted by atomic mass is 28.3. The molecular formula is C9H20OSi. The van der Waals surface area contributed by atoms with Gasteiger partial charge in [0.15, 0.2) is 0 Å². The number of aliphatic hydroxyl groups is 1. The Kier molecular flexibility index (Phi) is 4.69. The smallest absolute Gasteiger partial charge is 0.0717 e. The molecule has 0 aromatic rings. The zero-order valence-electron chi connectivity index (χ0n) is 8.09. The first-order valence-electron chi connectivity index (χ1n) is 4.33. The van der Waals surface area contributed by atoms with Crippen LogP contribution in [-0.4, -0.2) is 19.3 Å². The fourth-order valence-electron chi connectivity index (χ4n) is 0.792. The number of rotatable bonds is 4. The van der Waals surface area contributed by atoms with E-state index in [-0.39, 0.29) is 6.10 Å². The number of aliphatic hydroxyl groups excluding tert-OH is 1. The topological polar surface area (TPSA) is 20.2 Å². The van der Waals surface area contributed by atoms with Gasteiger partial charge in [-0.25, -0.2) is 0 Å². The zero-order valence-corrected chi connectivity index (χ0v) is 9.09. The lowest BCUT2D eigenvalue weighted by Gasteiger charge is -2.10. The van der Waals surface area contributed by atoms with Crippen LogP contribution in [0.5, 0.6) is 0 Å². The molecule has 1 N–H and O–H groups in total. The minimum atomic E-state index is -1.09. The molecule has 0 bridgehead atoms. The molecule has 0 aliphatic heterocycles. The van der Waals surface area contributed by atoms with Gasteiger partial charge in [-0.1, -0.05) is 44.8 Å². The van der Waals surface area contributed by atoms with Crippen LogP contribution in [0.4, 0.5) is 0 Å². The van der Waals surface area contributed by atoms with Crippen LogP contribution in [0.15, 0.2) is 11.8 Å². The molecule has 1 unspecified atom stereocenters. The van der Waals surface area contributed by atoms with Crippen molar-refractivity contribution in [2.45, 2.75) is 45.5 Å². The largest absolute Gasteiger partial charge is 0.389 e. The summed E-state index contributed by atoms with van der Waals surface area (Å²) in [6.45, 7) is 8.89. The summed E-state index contributed by atoms with van der Waals surface area (Å²) in [7, 11) is -1.09. The van der Waals surface area contributed by atoms with Gasteiger partial charge >= 0.3 is 0 Å². The fraction of sp³-hybridized carbons (Fsp3) is 0.778. The summed E-state index contributed by atoms with van der Waals surface area (Å²) in [5.41, 5.74) is 2.20. The van der Waals surface area contributed by atoms with E-state index in [1.807, 2.05) is 6.08 Å². The van der Waals surface area contributed by atoms with Crippen LogP contribution in [0.2, 0.25) is 19.6 Å². The van der Waals surface area contributed by atoms with E-state index in [4.69, 9.17) is 0 Å². The van der Waals surface area contributed by atoms with Crippen LogP contribution >= 0.6 is 0 Å². The van der Waals surface area contributed by atoms with Gasteiger partial charge in [0.05, 0.1) is 14.2 Å². The predicted octanol–water partition coefficient (Wildman–Crippen LogP) is 2.58. The third-order valence-electron chi connectivity index (χ3n) is 1.40. The Morgan fingerprint density at radius 2 is 1.91 bits per heavy atom. The van der Waals surface area contributed by atoms with Crippen LogP contribution in [0.25, 0.3) is 0 Å². The molecule has 0 spiro atoms. The fourth-order valence-corrected chi connectivity index (χ4v) is 1.59. The Hall–Kier alpha value is -0.0831. The van der Waals surface area contributed by atoms with E-state index in [2.05, 4.69) is 32.3 Å². The number of hydrogen-bond acceptors (Lipinski definition) is 1. The molecule has 0 aliphatic rings. The minimum Gasteiger partial charge on any atom is -0.389 e. The molecule has 2 heteroatoms. The van der Waals surface area contributed by atoms with E-state index < -0.39 is 8.07 Å². The second-order valence-corrected chi connectivity index (χ2v) is 9.15. The van der Waals surface area contributed by atoms with Gasteiger partial charge in [-0.2, -0.15) is 0 Å². The molecule has 0 fully saturated rings. The molecule has 0 aliphatic carbocycles. The van der Waals surface area contributed by atoms with Crippen molar-refractivity contribution in [1.29, 1.82) is 0 Å². The number of hydrogen-bond donors (Lipinski definition) is 1. The molecule has 1 nitrogen and oxygen atoms in total. The molecule has 0 amide bonds. The molecular weight excluding hydrogens is 152 g/mol. The van der Waals surface area contributed by atoms with E-state index >= 15 is 0 Å². The molecule has 1 atom stereocenters. The normalized spacial score (nSPS) is 15.7. The molecule has 0 aromatic heterocycles. The van der Waals surface area contributed by atoms with Gasteiger partial charge in [-0.3, -0.25) is 0 Å². The molecule has 11 heavy (non-hydrogen) atoms. The Balaban J connectivity index is 3.73. The highest BCUT2D eigenvalue weighted by molar-refractivity contribution is 6.80. The van der Waals surface area contributed by atoms with E-state index in [1.54, 1.807) is 0 Å². The third-order valence-corrected chi connectivity index (χ3v) is 2.60. The van der Waals surface area contributed by atoms with Crippen molar-refractivity contribution in [2.75, 3.05) is 0 Å². The molecule has 66 valence electrons. The summed E-state index contributed by atoms with van der Waals surface area (Å²) < 4.78 is 0. The van der Waals surface area contributed by atoms with E-state index in [0.717, 1.165) is 12.8 Å². The van der Waals surface area contributed by atoms with Gasteiger partial charge in [0, 0.05) is 0 Å². The lowest BCUT2D eigenvalue weighted by Crippen LogP contribution is -2.17. The Bertz CT molecular complexity index is 124. The van der Waals surface area contributed by atoms with Gasteiger partial charge in [-0.05, 0) is 6.42 Å². The second kappa shape index (κ2) is 4.73. The maximum absolute atomic E-state index is 9.35. The average Bonchev–Trinajstić information content (AvgIpc) is 1.83. The molecule has 0 saturated heterocycles. The maximum Gasteiger partial charge on any atom is 0.0717 e. The first-order chi connectivity index (χ1) is 4.95. The van der Waals surface area contributed by atoms with Crippen molar-refractivity contribution < 1.29 is 5.11 Å². The van der Waals surface area contributed by atoms with Crippen molar-refractivity contribution in [3.63, 3.8) is 0 Å². The summed E-state index contributed by atoms with van der Waals surface area (Å²) in [5, 5.41) is 9.35. The standard InChI is InChI=1S/C9H20OSi/c1-5-6-9(10)7-8-11(2,3)4/h7-10H,5-6H2,1-4H3. The quantitative estimate of drug-likeness (QED) is 0.646. The van der Waals surface area contributed by atoms with Gasteiger partial charge < -0.3 is 5.11 Å². The van der Waals surface area contributed by atoms with Crippen molar-refractivity contribution in [1.82, 2.24) is 0 Å². The van der Waals surface area contributed by atoms with Gasteiger partial charge in [0.25, 0.3) is 0 Å². The molecule has 0 saturated carbocycles. The third kappa shape index (κ3) is 7.82. The van der Waals surface area contributed by atoms with Crippen LogP contribution in [-0.2, 0) is 0 Å². The molecule has 0 heterocycles. The highest BCUT2D eigenvalue weighted by Crippen LogP contribution is 2.05. The Morgan fingerprint density at radius 1 is 1.36 bits per heavy atom. The highest BCUT2D eigenvalue weighted by Gasteiger charge is 2.07. The van der Waals surface area contributed by atoms with Crippen LogP contribution in [0.3, 0.4) is 0 Å². The Labute approximate surface area is 71.1 Å². The summed E-state index contributed by atoms with van der Waals surface area (Å²) in [6.07, 6.45) is 3.68.